The van der Waals surface area contributed by atoms with Crippen molar-refractivity contribution in [2.75, 3.05) is 0 Å². The van der Waals surface area contributed by atoms with Gasteiger partial charge in [0.2, 0.25) is 0 Å². The van der Waals surface area contributed by atoms with Crippen molar-refractivity contribution in [3.8, 4) is 0 Å². The number of pyridine rings is 1. The molecular formula is C12H13BrF3N. The van der Waals surface area contributed by atoms with E-state index in [4.69, 9.17) is 0 Å². The Balaban J connectivity index is 2.43. The molecule has 0 atom stereocenters. The SMILES string of the molecule is FC(F)(F)C1(c2ccc(Br)nc2)CCCCC1. The number of hydrogen-bond acceptors (Lipinski definition) is 1. The highest BCUT2D eigenvalue weighted by Crippen LogP contribution is 2.50. The monoisotopic (exact) mass is 307 g/mol. The van der Waals surface area contributed by atoms with Gasteiger partial charge in [-0.3, -0.25) is 0 Å². The van der Waals surface area contributed by atoms with Crippen molar-refractivity contribution in [1.82, 2.24) is 4.98 Å². The number of nitrogens with zero attached hydrogens (tertiary/aromatic N) is 1. The molecule has 1 fully saturated rings. The zero-order valence-electron chi connectivity index (χ0n) is 9.23. The van der Waals surface area contributed by atoms with Crippen LogP contribution in [0.4, 0.5) is 13.2 Å². The van der Waals surface area contributed by atoms with Crippen molar-refractivity contribution in [3.05, 3.63) is 28.5 Å². The normalized spacial score (nSPS) is 20.2. The van der Waals surface area contributed by atoms with Gasteiger partial charge in [0.1, 0.15) is 4.60 Å². The number of rotatable bonds is 1. The average molecular weight is 308 g/mol. The summed E-state index contributed by atoms with van der Waals surface area (Å²) in [5.74, 6) is 0. The molecule has 0 amide bonds. The molecule has 1 aromatic rings. The average Bonchev–Trinajstić information content (AvgIpc) is 2.29. The number of hydrogen-bond donors (Lipinski definition) is 0. The van der Waals surface area contributed by atoms with Crippen LogP contribution < -0.4 is 0 Å². The van der Waals surface area contributed by atoms with Crippen LogP contribution in [0.25, 0.3) is 0 Å². The lowest BCUT2D eigenvalue weighted by Crippen LogP contribution is -2.44. The van der Waals surface area contributed by atoms with Gasteiger partial charge in [0.25, 0.3) is 0 Å². The third-order valence-corrected chi connectivity index (χ3v) is 4.00. The number of halogens is 4. The van der Waals surface area contributed by atoms with Gasteiger partial charge in [-0.15, -0.1) is 0 Å². The van der Waals surface area contributed by atoms with Crippen LogP contribution in [-0.2, 0) is 5.41 Å². The van der Waals surface area contributed by atoms with Crippen molar-refractivity contribution in [2.45, 2.75) is 43.7 Å². The van der Waals surface area contributed by atoms with Crippen LogP contribution in [0, 0.1) is 0 Å². The summed E-state index contributed by atoms with van der Waals surface area (Å²) < 4.78 is 40.6. The second kappa shape index (κ2) is 4.59. The molecule has 1 saturated carbocycles. The number of alkyl halides is 3. The lowest BCUT2D eigenvalue weighted by atomic mass is 9.69. The van der Waals surface area contributed by atoms with E-state index in [1.807, 2.05) is 0 Å². The zero-order valence-corrected chi connectivity index (χ0v) is 10.8. The summed E-state index contributed by atoms with van der Waals surface area (Å²) in [5.41, 5.74) is -1.38. The highest BCUT2D eigenvalue weighted by Gasteiger charge is 2.55. The topological polar surface area (TPSA) is 12.9 Å². The number of aromatic nitrogens is 1. The minimum Gasteiger partial charge on any atom is -0.249 e. The summed E-state index contributed by atoms with van der Waals surface area (Å²) in [5, 5.41) is 0. The Labute approximate surface area is 107 Å². The zero-order chi connectivity index (χ0) is 12.5. The first-order valence-electron chi connectivity index (χ1n) is 5.64. The maximum absolute atomic E-state index is 13.3. The minimum atomic E-state index is -4.19. The molecule has 1 aromatic heterocycles. The lowest BCUT2D eigenvalue weighted by Gasteiger charge is -2.39. The second-order valence-electron chi connectivity index (χ2n) is 4.51. The van der Waals surface area contributed by atoms with Crippen LogP contribution in [0.15, 0.2) is 22.9 Å². The minimum absolute atomic E-state index is 0.180. The van der Waals surface area contributed by atoms with Gasteiger partial charge in [-0.25, -0.2) is 4.98 Å². The fourth-order valence-corrected chi connectivity index (χ4v) is 2.78. The predicted octanol–water partition coefficient (Wildman–Crippen LogP) is 4.61. The van der Waals surface area contributed by atoms with Crippen molar-refractivity contribution in [2.24, 2.45) is 0 Å². The van der Waals surface area contributed by atoms with Gasteiger partial charge in [0.05, 0.1) is 5.41 Å². The van der Waals surface area contributed by atoms with E-state index in [-0.39, 0.29) is 12.8 Å². The Bertz CT molecular complexity index is 380. The van der Waals surface area contributed by atoms with Crippen LogP contribution in [-0.4, -0.2) is 11.2 Å². The molecule has 1 nitrogen and oxygen atoms in total. The largest absolute Gasteiger partial charge is 0.398 e. The summed E-state index contributed by atoms with van der Waals surface area (Å²) >= 11 is 3.15. The van der Waals surface area contributed by atoms with Crippen LogP contribution in [0.3, 0.4) is 0 Å². The molecule has 0 aliphatic heterocycles. The molecule has 0 bridgehead atoms. The van der Waals surface area contributed by atoms with Crippen LogP contribution >= 0.6 is 15.9 Å². The molecule has 1 aliphatic rings. The van der Waals surface area contributed by atoms with Gasteiger partial charge in [-0.05, 0) is 40.4 Å². The molecule has 0 radical (unpaired) electrons. The Morgan fingerprint density at radius 3 is 2.24 bits per heavy atom. The van der Waals surface area contributed by atoms with Crippen molar-refractivity contribution >= 4 is 15.9 Å². The van der Waals surface area contributed by atoms with Crippen LogP contribution in [0.1, 0.15) is 37.7 Å². The van der Waals surface area contributed by atoms with E-state index in [1.54, 1.807) is 6.07 Å². The standard InChI is InChI=1S/C12H13BrF3N/c13-10-5-4-9(8-17-10)11(12(14,15)16)6-2-1-3-7-11/h4-5,8H,1-3,6-7H2. The molecule has 0 aromatic carbocycles. The van der Waals surface area contributed by atoms with Crippen molar-refractivity contribution < 1.29 is 13.2 Å². The summed E-state index contributed by atoms with van der Waals surface area (Å²) in [7, 11) is 0. The van der Waals surface area contributed by atoms with E-state index in [2.05, 4.69) is 20.9 Å². The highest BCUT2D eigenvalue weighted by molar-refractivity contribution is 9.10. The fraction of sp³-hybridized carbons (Fsp3) is 0.583. The molecule has 2 rings (SSSR count). The molecular weight excluding hydrogens is 295 g/mol. The molecule has 1 heterocycles. The molecule has 94 valence electrons. The first-order chi connectivity index (χ1) is 7.96. The van der Waals surface area contributed by atoms with Gasteiger partial charge < -0.3 is 0 Å². The maximum atomic E-state index is 13.3. The first kappa shape index (κ1) is 12.9. The summed E-state index contributed by atoms with van der Waals surface area (Å²) in [4.78, 5) is 3.93. The third kappa shape index (κ3) is 2.34. The molecule has 1 aliphatic carbocycles. The van der Waals surface area contributed by atoms with E-state index >= 15 is 0 Å². The van der Waals surface area contributed by atoms with E-state index < -0.39 is 11.6 Å². The van der Waals surface area contributed by atoms with Crippen LogP contribution in [0.2, 0.25) is 0 Å². The molecule has 5 heteroatoms. The summed E-state index contributed by atoms with van der Waals surface area (Å²) in [6.07, 6.45) is -0.321. The van der Waals surface area contributed by atoms with Gasteiger partial charge >= 0.3 is 6.18 Å². The van der Waals surface area contributed by atoms with Gasteiger partial charge in [0.15, 0.2) is 0 Å². The summed E-state index contributed by atoms with van der Waals surface area (Å²) in [6.45, 7) is 0. The van der Waals surface area contributed by atoms with Crippen molar-refractivity contribution in [3.63, 3.8) is 0 Å². The van der Waals surface area contributed by atoms with Crippen molar-refractivity contribution in [1.29, 1.82) is 0 Å². The predicted molar refractivity (Wildman–Crippen MR) is 62.8 cm³/mol. The molecule has 0 spiro atoms. The quantitative estimate of drug-likeness (QED) is 0.691. The van der Waals surface area contributed by atoms with Gasteiger partial charge in [0, 0.05) is 6.20 Å². The van der Waals surface area contributed by atoms with E-state index in [9.17, 15) is 13.2 Å². The van der Waals surface area contributed by atoms with E-state index in [1.165, 1.54) is 12.3 Å². The highest BCUT2D eigenvalue weighted by atomic mass is 79.9. The maximum Gasteiger partial charge on any atom is 0.398 e. The second-order valence-corrected chi connectivity index (χ2v) is 5.32. The Morgan fingerprint density at radius 1 is 1.12 bits per heavy atom. The molecule has 0 N–H and O–H groups in total. The molecule has 17 heavy (non-hydrogen) atoms. The van der Waals surface area contributed by atoms with E-state index in [0.717, 1.165) is 6.42 Å². The van der Waals surface area contributed by atoms with Gasteiger partial charge in [-0.1, -0.05) is 25.3 Å². The Kier molecular flexibility index (Phi) is 3.48. The van der Waals surface area contributed by atoms with Gasteiger partial charge in [-0.2, -0.15) is 13.2 Å². The lowest BCUT2D eigenvalue weighted by molar-refractivity contribution is -0.199. The first-order valence-corrected chi connectivity index (χ1v) is 6.44. The smallest absolute Gasteiger partial charge is 0.249 e. The fourth-order valence-electron chi connectivity index (χ4n) is 2.55. The van der Waals surface area contributed by atoms with Crippen LogP contribution in [0.5, 0.6) is 0 Å². The van der Waals surface area contributed by atoms with E-state index in [0.29, 0.717) is 23.0 Å². The Hall–Kier alpha value is -0.580. The Morgan fingerprint density at radius 2 is 1.76 bits per heavy atom. The molecule has 0 unspecified atom stereocenters. The third-order valence-electron chi connectivity index (χ3n) is 3.53. The summed E-state index contributed by atoms with van der Waals surface area (Å²) in [6, 6.07) is 3.12. The molecule has 0 saturated heterocycles.